The van der Waals surface area contributed by atoms with E-state index in [2.05, 4.69) is 15.3 Å². The molecule has 1 amide bonds. The first-order valence-electron chi connectivity index (χ1n) is 4.94. The van der Waals surface area contributed by atoms with Crippen molar-refractivity contribution in [3.05, 3.63) is 36.0 Å². The molecule has 0 bridgehead atoms. The van der Waals surface area contributed by atoms with E-state index < -0.39 is 11.7 Å². The summed E-state index contributed by atoms with van der Waals surface area (Å²) in [6.07, 6.45) is 3.05. The van der Waals surface area contributed by atoms with Crippen LogP contribution in [0.2, 0.25) is 0 Å². The van der Waals surface area contributed by atoms with Gasteiger partial charge in [0.2, 0.25) is 5.95 Å². The maximum absolute atomic E-state index is 12.0. The number of alkyl halides is 2. The highest BCUT2D eigenvalue weighted by Gasteiger charge is 2.13. The minimum absolute atomic E-state index is 0.0195. The number of carbonyl (C=O) groups is 1. The van der Waals surface area contributed by atoms with Crippen molar-refractivity contribution in [2.75, 3.05) is 5.32 Å². The van der Waals surface area contributed by atoms with Gasteiger partial charge in [-0.05, 0) is 12.1 Å². The molecule has 2 N–H and O–H groups in total. The van der Waals surface area contributed by atoms with Crippen LogP contribution in [0.3, 0.4) is 0 Å². The summed E-state index contributed by atoms with van der Waals surface area (Å²) in [5.41, 5.74) is 0. The monoisotopic (exact) mass is 273 g/mol. The second-order valence-electron chi connectivity index (χ2n) is 3.23. The largest absolute Gasteiger partial charge is 0.455 e. The number of furan rings is 1. The third kappa shape index (κ3) is 3.33. The Morgan fingerprint density at radius 3 is 3.06 bits per heavy atom. The Balaban J connectivity index is 1.94. The van der Waals surface area contributed by atoms with E-state index in [1.807, 2.05) is 0 Å². The number of nitrogens with one attached hydrogen (secondary N) is 2. The Hall–Kier alpha value is -1.83. The molecule has 0 saturated carbocycles. The van der Waals surface area contributed by atoms with E-state index >= 15 is 0 Å². The molecule has 2 aromatic rings. The number of carbonyl (C=O) groups excluding carboxylic acids is 1. The normalized spacial score (nSPS) is 10.8. The van der Waals surface area contributed by atoms with E-state index in [0.717, 1.165) is 0 Å². The van der Waals surface area contributed by atoms with Gasteiger partial charge in [-0.15, -0.1) is 0 Å². The lowest BCUT2D eigenvalue weighted by Gasteiger charge is -1.98. The molecule has 0 atom stereocenters. The Morgan fingerprint density at radius 2 is 2.39 bits per heavy atom. The van der Waals surface area contributed by atoms with E-state index in [-0.39, 0.29) is 11.5 Å². The standard InChI is InChI=1S/C10H9F2N3O2S/c11-9(12)18-5-6-1-2-7(17-6)8(16)15-10-13-3-4-14-10/h1-4,9H,5H2,(H2,13,14,15,16). The highest BCUT2D eigenvalue weighted by atomic mass is 32.2. The van der Waals surface area contributed by atoms with Crippen LogP contribution in [-0.2, 0) is 5.75 Å². The molecule has 0 unspecified atom stereocenters. The van der Waals surface area contributed by atoms with E-state index in [1.54, 1.807) is 6.20 Å². The topological polar surface area (TPSA) is 70.9 Å². The van der Waals surface area contributed by atoms with Crippen LogP contribution in [-0.4, -0.2) is 21.6 Å². The lowest BCUT2D eigenvalue weighted by Crippen LogP contribution is -2.11. The number of halogens is 2. The summed E-state index contributed by atoms with van der Waals surface area (Å²) in [5.74, 6) is -2.26. The van der Waals surface area contributed by atoms with E-state index in [1.165, 1.54) is 18.3 Å². The summed E-state index contributed by atoms with van der Waals surface area (Å²) in [7, 11) is 0. The second kappa shape index (κ2) is 5.67. The van der Waals surface area contributed by atoms with Crippen molar-refractivity contribution >= 4 is 23.6 Å². The van der Waals surface area contributed by atoms with Crippen LogP contribution in [0, 0.1) is 0 Å². The maximum Gasteiger partial charge on any atom is 0.293 e. The first kappa shape index (κ1) is 12.6. The number of imidazole rings is 1. The number of aromatic nitrogens is 2. The molecule has 5 nitrogen and oxygen atoms in total. The van der Waals surface area contributed by atoms with Gasteiger partial charge < -0.3 is 9.40 Å². The van der Waals surface area contributed by atoms with Crippen LogP contribution in [0.15, 0.2) is 28.9 Å². The molecule has 0 aromatic carbocycles. The highest BCUT2D eigenvalue weighted by Crippen LogP contribution is 2.21. The molecule has 0 radical (unpaired) electrons. The summed E-state index contributed by atoms with van der Waals surface area (Å²) >= 11 is 0.437. The van der Waals surface area contributed by atoms with Crippen LogP contribution in [0.5, 0.6) is 0 Å². The molecule has 8 heteroatoms. The minimum Gasteiger partial charge on any atom is -0.455 e. The van der Waals surface area contributed by atoms with Gasteiger partial charge in [0, 0.05) is 12.4 Å². The number of nitrogens with zero attached hydrogens (tertiary/aromatic N) is 1. The van der Waals surface area contributed by atoms with Crippen LogP contribution >= 0.6 is 11.8 Å². The van der Waals surface area contributed by atoms with Crippen molar-refractivity contribution < 1.29 is 18.0 Å². The summed E-state index contributed by atoms with van der Waals surface area (Å²) in [6.45, 7) is 0. The summed E-state index contributed by atoms with van der Waals surface area (Å²) in [4.78, 5) is 18.2. The van der Waals surface area contributed by atoms with Crippen molar-refractivity contribution in [1.29, 1.82) is 0 Å². The fraction of sp³-hybridized carbons (Fsp3) is 0.200. The SMILES string of the molecule is O=C(Nc1ncc[nH]1)c1ccc(CSC(F)F)o1. The van der Waals surface area contributed by atoms with Crippen molar-refractivity contribution in [3.63, 3.8) is 0 Å². The van der Waals surface area contributed by atoms with Crippen LogP contribution < -0.4 is 5.32 Å². The molecule has 2 aromatic heterocycles. The van der Waals surface area contributed by atoms with Crippen LogP contribution in [0.25, 0.3) is 0 Å². The van der Waals surface area contributed by atoms with Crippen molar-refractivity contribution in [2.24, 2.45) is 0 Å². The molecule has 0 aliphatic rings. The number of aromatic amines is 1. The lowest BCUT2D eigenvalue weighted by atomic mass is 10.4. The fourth-order valence-corrected chi connectivity index (χ4v) is 1.67. The van der Waals surface area contributed by atoms with Gasteiger partial charge in [-0.2, -0.15) is 8.78 Å². The number of anilines is 1. The molecule has 0 spiro atoms. The Kier molecular flexibility index (Phi) is 3.98. The second-order valence-corrected chi connectivity index (χ2v) is 4.21. The summed E-state index contributed by atoms with van der Waals surface area (Å²) in [5, 5.41) is 2.46. The van der Waals surface area contributed by atoms with Gasteiger partial charge in [-0.1, -0.05) is 11.8 Å². The van der Waals surface area contributed by atoms with Gasteiger partial charge in [0.15, 0.2) is 5.76 Å². The molecule has 0 aliphatic carbocycles. The van der Waals surface area contributed by atoms with Gasteiger partial charge in [0.1, 0.15) is 5.76 Å². The number of hydrogen-bond donors (Lipinski definition) is 2. The molecule has 96 valence electrons. The summed E-state index contributed by atoms with van der Waals surface area (Å²) < 4.78 is 29.1. The highest BCUT2D eigenvalue weighted by molar-refractivity contribution is 7.98. The number of amides is 1. The molecule has 2 heterocycles. The van der Waals surface area contributed by atoms with Crippen LogP contribution in [0.1, 0.15) is 16.3 Å². The van der Waals surface area contributed by atoms with Gasteiger partial charge in [-0.3, -0.25) is 10.1 Å². The van der Waals surface area contributed by atoms with Gasteiger partial charge in [-0.25, -0.2) is 4.98 Å². The fourth-order valence-electron chi connectivity index (χ4n) is 1.23. The first-order chi connectivity index (χ1) is 8.65. The number of rotatable bonds is 5. The third-order valence-electron chi connectivity index (χ3n) is 1.97. The zero-order valence-electron chi connectivity index (χ0n) is 9.02. The van der Waals surface area contributed by atoms with E-state index in [9.17, 15) is 13.6 Å². The average Bonchev–Trinajstić information content (AvgIpc) is 2.96. The number of hydrogen-bond acceptors (Lipinski definition) is 4. The summed E-state index contributed by atoms with van der Waals surface area (Å²) in [6, 6.07) is 2.92. The zero-order valence-corrected chi connectivity index (χ0v) is 9.84. The molecule has 0 saturated heterocycles. The molecule has 0 aliphatic heterocycles. The quantitative estimate of drug-likeness (QED) is 0.878. The molecular formula is C10H9F2N3O2S. The third-order valence-corrected chi connectivity index (χ3v) is 2.67. The van der Waals surface area contributed by atoms with Crippen LogP contribution in [0.4, 0.5) is 14.7 Å². The van der Waals surface area contributed by atoms with Crippen molar-refractivity contribution in [1.82, 2.24) is 9.97 Å². The van der Waals surface area contributed by atoms with E-state index in [4.69, 9.17) is 4.42 Å². The minimum atomic E-state index is -2.46. The molecular weight excluding hydrogens is 264 g/mol. The Labute approximate surface area is 105 Å². The smallest absolute Gasteiger partial charge is 0.293 e. The van der Waals surface area contributed by atoms with Gasteiger partial charge in [0.05, 0.1) is 5.75 Å². The molecule has 18 heavy (non-hydrogen) atoms. The average molecular weight is 273 g/mol. The van der Waals surface area contributed by atoms with Gasteiger partial charge in [0.25, 0.3) is 11.7 Å². The predicted molar refractivity (Wildman–Crippen MR) is 62.5 cm³/mol. The Morgan fingerprint density at radius 1 is 1.56 bits per heavy atom. The molecule has 0 fully saturated rings. The first-order valence-corrected chi connectivity index (χ1v) is 5.99. The number of thioether (sulfide) groups is 1. The lowest BCUT2D eigenvalue weighted by molar-refractivity contribution is 0.0994. The molecule has 2 rings (SSSR count). The Bertz CT molecular complexity index is 513. The maximum atomic E-state index is 12.0. The van der Waals surface area contributed by atoms with Crippen molar-refractivity contribution in [2.45, 2.75) is 11.5 Å². The van der Waals surface area contributed by atoms with E-state index in [0.29, 0.717) is 23.5 Å². The van der Waals surface area contributed by atoms with Gasteiger partial charge >= 0.3 is 0 Å². The predicted octanol–water partition coefficient (Wildman–Crippen LogP) is 2.71. The zero-order chi connectivity index (χ0) is 13.0. The number of H-pyrrole nitrogens is 1. The van der Waals surface area contributed by atoms with Crippen molar-refractivity contribution in [3.8, 4) is 0 Å².